The van der Waals surface area contributed by atoms with E-state index in [9.17, 15) is 13.2 Å². The van der Waals surface area contributed by atoms with Crippen molar-refractivity contribution in [2.75, 3.05) is 6.54 Å². The second-order valence-corrected chi connectivity index (χ2v) is 7.94. The Labute approximate surface area is 146 Å². The molecular formula is C15H22N6O3S. The van der Waals surface area contributed by atoms with E-state index < -0.39 is 10.0 Å². The van der Waals surface area contributed by atoms with Crippen molar-refractivity contribution < 1.29 is 13.2 Å². The van der Waals surface area contributed by atoms with E-state index in [-0.39, 0.29) is 17.3 Å². The van der Waals surface area contributed by atoms with Gasteiger partial charge in [-0.1, -0.05) is 0 Å². The highest BCUT2D eigenvalue weighted by Crippen LogP contribution is 2.24. The molecule has 2 aromatic rings. The predicted octanol–water partition coefficient (Wildman–Crippen LogP) is 0.249. The zero-order valence-electron chi connectivity index (χ0n) is 14.6. The highest BCUT2D eigenvalue weighted by Gasteiger charge is 2.31. The molecular weight excluding hydrogens is 344 g/mol. The van der Waals surface area contributed by atoms with Crippen LogP contribution in [0, 0.1) is 6.92 Å². The largest absolute Gasteiger partial charge is 0.351 e. The molecule has 0 atom stereocenters. The summed E-state index contributed by atoms with van der Waals surface area (Å²) >= 11 is 0. The summed E-state index contributed by atoms with van der Waals surface area (Å²) < 4.78 is 30.8. The molecule has 1 aliphatic rings. The lowest BCUT2D eigenvalue weighted by Gasteiger charge is -2.26. The van der Waals surface area contributed by atoms with Gasteiger partial charge in [-0.15, -0.1) is 0 Å². The number of hydrogen-bond donors (Lipinski definition) is 1. The quantitative estimate of drug-likeness (QED) is 0.817. The Kier molecular flexibility index (Phi) is 4.65. The molecule has 2 aromatic heterocycles. The fourth-order valence-electron chi connectivity index (χ4n) is 2.86. The van der Waals surface area contributed by atoms with Gasteiger partial charge >= 0.3 is 0 Å². The van der Waals surface area contributed by atoms with E-state index in [2.05, 4.69) is 15.5 Å². The standard InChI is InChI=1S/C15H22N6O3S/c1-4-19-10-15(11(2)17-19)25(23,24)20-5-6-21-14(9-20)7-13(18-21)8-16-12(3)22/h7,10H,4-6,8-9H2,1-3H3,(H,16,22). The minimum absolute atomic E-state index is 0.126. The molecule has 10 heteroatoms. The summed E-state index contributed by atoms with van der Waals surface area (Å²) in [5, 5.41) is 11.3. The molecule has 3 rings (SSSR count). The first-order chi connectivity index (χ1) is 11.8. The lowest BCUT2D eigenvalue weighted by atomic mass is 10.3. The topological polar surface area (TPSA) is 102 Å². The fourth-order valence-corrected chi connectivity index (χ4v) is 4.43. The third kappa shape index (κ3) is 3.45. The van der Waals surface area contributed by atoms with Gasteiger partial charge in [0.2, 0.25) is 15.9 Å². The number of nitrogens with zero attached hydrogens (tertiary/aromatic N) is 5. The molecule has 3 heterocycles. The maximum Gasteiger partial charge on any atom is 0.246 e. The average molecular weight is 366 g/mol. The van der Waals surface area contributed by atoms with Crippen LogP contribution in [-0.2, 0) is 41.0 Å². The zero-order valence-corrected chi connectivity index (χ0v) is 15.4. The minimum Gasteiger partial charge on any atom is -0.351 e. The minimum atomic E-state index is -3.60. The molecule has 0 spiro atoms. The number of aryl methyl sites for hydroxylation is 2. The van der Waals surface area contributed by atoms with Crippen LogP contribution in [0.3, 0.4) is 0 Å². The molecule has 0 aliphatic carbocycles. The molecule has 0 unspecified atom stereocenters. The van der Waals surface area contributed by atoms with Gasteiger partial charge in [-0.05, 0) is 19.9 Å². The van der Waals surface area contributed by atoms with Crippen molar-refractivity contribution in [1.29, 1.82) is 0 Å². The van der Waals surface area contributed by atoms with E-state index in [1.165, 1.54) is 11.2 Å². The summed E-state index contributed by atoms with van der Waals surface area (Å²) in [4.78, 5) is 11.3. The molecule has 0 aromatic carbocycles. The fraction of sp³-hybridized carbons (Fsp3) is 0.533. The predicted molar refractivity (Wildman–Crippen MR) is 90.0 cm³/mol. The van der Waals surface area contributed by atoms with Gasteiger partial charge in [0.05, 0.1) is 36.7 Å². The van der Waals surface area contributed by atoms with Crippen LogP contribution in [0.5, 0.6) is 0 Å². The zero-order chi connectivity index (χ0) is 18.2. The lowest BCUT2D eigenvalue weighted by molar-refractivity contribution is -0.119. The van der Waals surface area contributed by atoms with Crippen molar-refractivity contribution in [2.45, 2.75) is 51.8 Å². The number of rotatable bonds is 5. The van der Waals surface area contributed by atoms with Gasteiger partial charge < -0.3 is 5.32 Å². The molecule has 25 heavy (non-hydrogen) atoms. The normalized spacial score (nSPS) is 15.2. The molecule has 1 amide bonds. The number of hydrogen-bond acceptors (Lipinski definition) is 5. The van der Waals surface area contributed by atoms with Gasteiger partial charge in [-0.2, -0.15) is 14.5 Å². The number of nitrogens with one attached hydrogen (secondary N) is 1. The van der Waals surface area contributed by atoms with E-state index in [0.29, 0.717) is 31.9 Å². The summed E-state index contributed by atoms with van der Waals surface area (Å²) in [6, 6.07) is 1.83. The number of carbonyl (C=O) groups is 1. The van der Waals surface area contributed by atoms with E-state index in [1.807, 2.05) is 13.0 Å². The highest BCUT2D eigenvalue weighted by molar-refractivity contribution is 7.89. The Morgan fingerprint density at radius 3 is 2.72 bits per heavy atom. The highest BCUT2D eigenvalue weighted by atomic mass is 32.2. The molecule has 0 radical (unpaired) electrons. The van der Waals surface area contributed by atoms with Crippen LogP contribution >= 0.6 is 0 Å². The first-order valence-electron chi connectivity index (χ1n) is 8.15. The number of fused-ring (bicyclic) bond motifs is 1. The van der Waals surface area contributed by atoms with Crippen molar-refractivity contribution in [3.63, 3.8) is 0 Å². The SMILES string of the molecule is CCn1cc(S(=O)(=O)N2CCn3nc(CNC(C)=O)cc3C2)c(C)n1. The Bertz CT molecular complexity index is 899. The van der Waals surface area contributed by atoms with Gasteiger partial charge in [0.25, 0.3) is 0 Å². The first kappa shape index (κ1) is 17.6. The molecule has 1 N–H and O–H groups in total. The monoisotopic (exact) mass is 366 g/mol. The second-order valence-electron chi connectivity index (χ2n) is 6.03. The van der Waals surface area contributed by atoms with Gasteiger partial charge in [0.15, 0.2) is 0 Å². The molecule has 0 saturated carbocycles. The third-order valence-electron chi connectivity index (χ3n) is 4.18. The molecule has 0 fully saturated rings. The molecule has 1 aliphatic heterocycles. The second kappa shape index (κ2) is 6.60. The Balaban J connectivity index is 1.81. The summed E-state index contributed by atoms with van der Waals surface area (Å²) in [5.74, 6) is -0.126. The average Bonchev–Trinajstić information content (AvgIpc) is 3.15. The van der Waals surface area contributed by atoms with Crippen molar-refractivity contribution in [2.24, 2.45) is 0 Å². The molecule has 136 valence electrons. The van der Waals surface area contributed by atoms with Crippen molar-refractivity contribution in [3.8, 4) is 0 Å². The van der Waals surface area contributed by atoms with Gasteiger partial charge in [-0.3, -0.25) is 14.2 Å². The van der Waals surface area contributed by atoms with Crippen LogP contribution < -0.4 is 5.32 Å². The summed E-state index contributed by atoms with van der Waals surface area (Å²) in [7, 11) is -3.60. The van der Waals surface area contributed by atoms with Crippen LogP contribution in [0.15, 0.2) is 17.2 Å². The summed E-state index contributed by atoms with van der Waals surface area (Å²) in [6.07, 6.45) is 1.58. The summed E-state index contributed by atoms with van der Waals surface area (Å²) in [6.45, 7) is 7.12. The summed E-state index contributed by atoms with van der Waals surface area (Å²) in [5.41, 5.74) is 2.04. The molecule has 0 saturated heterocycles. The number of carbonyl (C=O) groups excluding carboxylic acids is 1. The lowest BCUT2D eigenvalue weighted by Crippen LogP contribution is -2.38. The Morgan fingerprint density at radius 2 is 2.08 bits per heavy atom. The Hall–Kier alpha value is -2.20. The van der Waals surface area contributed by atoms with E-state index in [0.717, 1.165) is 11.4 Å². The maximum absolute atomic E-state index is 13.0. The van der Waals surface area contributed by atoms with Gasteiger partial charge in [-0.25, -0.2) is 8.42 Å². The first-order valence-corrected chi connectivity index (χ1v) is 9.59. The van der Waals surface area contributed by atoms with E-state index in [4.69, 9.17) is 0 Å². The maximum atomic E-state index is 13.0. The van der Waals surface area contributed by atoms with Crippen molar-refractivity contribution >= 4 is 15.9 Å². The molecule has 0 bridgehead atoms. The van der Waals surface area contributed by atoms with Crippen LogP contribution in [0.2, 0.25) is 0 Å². The van der Waals surface area contributed by atoms with Crippen LogP contribution in [0.25, 0.3) is 0 Å². The number of sulfonamides is 1. The number of aromatic nitrogens is 4. The molecule has 9 nitrogen and oxygen atoms in total. The Morgan fingerprint density at radius 1 is 1.32 bits per heavy atom. The van der Waals surface area contributed by atoms with E-state index in [1.54, 1.807) is 22.5 Å². The van der Waals surface area contributed by atoms with Crippen molar-refractivity contribution in [3.05, 3.63) is 29.3 Å². The van der Waals surface area contributed by atoms with E-state index >= 15 is 0 Å². The third-order valence-corrected chi connectivity index (χ3v) is 6.12. The van der Waals surface area contributed by atoms with Gasteiger partial charge in [0, 0.05) is 26.2 Å². The van der Waals surface area contributed by atoms with Gasteiger partial charge in [0.1, 0.15) is 4.90 Å². The smallest absolute Gasteiger partial charge is 0.246 e. The van der Waals surface area contributed by atoms with Crippen molar-refractivity contribution in [1.82, 2.24) is 29.2 Å². The van der Waals surface area contributed by atoms with Crippen LogP contribution in [0.1, 0.15) is 30.9 Å². The van der Waals surface area contributed by atoms with Crippen LogP contribution in [-0.4, -0.2) is 44.7 Å². The number of amides is 1. The van der Waals surface area contributed by atoms with Crippen LogP contribution in [0.4, 0.5) is 0 Å².